The Hall–Kier alpha value is -1.29. The Morgan fingerprint density at radius 3 is 2.76 bits per heavy atom. The fourth-order valence-electron chi connectivity index (χ4n) is 1.42. The van der Waals surface area contributed by atoms with Crippen molar-refractivity contribution >= 4 is 5.91 Å². The largest absolute Gasteiger partial charge is 0.467 e. The second-order valence-corrected chi connectivity index (χ2v) is 4.66. The van der Waals surface area contributed by atoms with Crippen LogP contribution < -0.4 is 10.6 Å². The van der Waals surface area contributed by atoms with Crippen LogP contribution in [0.3, 0.4) is 0 Å². The Morgan fingerprint density at radius 1 is 1.41 bits per heavy atom. The van der Waals surface area contributed by atoms with E-state index in [1.807, 2.05) is 19.1 Å². The van der Waals surface area contributed by atoms with E-state index >= 15 is 0 Å². The molecule has 0 radical (unpaired) electrons. The molecular weight excluding hydrogens is 216 g/mol. The third-order valence-corrected chi connectivity index (χ3v) is 2.58. The maximum atomic E-state index is 11.7. The topological polar surface area (TPSA) is 54.3 Å². The van der Waals surface area contributed by atoms with Gasteiger partial charge in [-0.3, -0.25) is 4.79 Å². The average Bonchev–Trinajstić information content (AvgIpc) is 2.78. The van der Waals surface area contributed by atoms with Crippen LogP contribution in [0.25, 0.3) is 0 Å². The highest BCUT2D eigenvalue weighted by Crippen LogP contribution is 1.99. The molecular formula is C13H22N2O2. The Bertz CT molecular complexity index is 320. The fourth-order valence-corrected chi connectivity index (χ4v) is 1.42. The summed E-state index contributed by atoms with van der Waals surface area (Å²) in [6.07, 6.45) is 2.68. The lowest BCUT2D eigenvalue weighted by Gasteiger charge is -2.14. The van der Waals surface area contributed by atoms with Crippen LogP contribution in [-0.2, 0) is 11.3 Å². The minimum atomic E-state index is -0.163. The van der Waals surface area contributed by atoms with E-state index in [1.165, 1.54) is 0 Å². The number of carbonyl (C=O) groups excluding carboxylic acids is 1. The van der Waals surface area contributed by atoms with E-state index in [0.29, 0.717) is 12.5 Å². The quantitative estimate of drug-likeness (QED) is 0.763. The average molecular weight is 238 g/mol. The van der Waals surface area contributed by atoms with Gasteiger partial charge in [0.15, 0.2) is 0 Å². The maximum Gasteiger partial charge on any atom is 0.237 e. The van der Waals surface area contributed by atoms with Gasteiger partial charge in [0, 0.05) is 0 Å². The van der Waals surface area contributed by atoms with Crippen LogP contribution in [0.4, 0.5) is 0 Å². The monoisotopic (exact) mass is 238 g/mol. The van der Waals surface area contributed by atoms with Gasteiger partial charge in [-0.25, -0.2) is 0 Å². The molecule has 0 aliphatic rings. The van der Waals surface area contributed by atoms with Crippen molar-refractivity contribution in [2.24, 2.45) is 5.92 Å². The lowest BCUT2D eigenvalue weighted by atomic mass is 10.1. The first kappa shape index (κ1) is 13.8. The molecule has 1 aromatic heterocycles. The predicted octanol–water partition coefficient (Wildman–Crippen LogP) is 1.92. The van der Waals surface area contributed by atoms with E-state index in [-0.39, 0.29) is 11.9 Å². The highest BCUT2D eigenvalue weighted by Gasteiger charge is 2.11. The van der Waals surface area contributed by atoms with Crippen molar-refractivity contribution in [1.82, 2.24) is 10.6 Å². The molecule has 1 unspecified atom stereocenters. The number of nitrogens with one attached hydrogen (secondary N) is 2. The summed E-state index contributed by atoms with van der Waals surface area (Å²) in [6, 6.07) is 3.49. The second-order valence-electron chi connectivity index (χ2n) is 4.66. The Balaban J connectivity index is 2.18. The number of furan rings is 1. The highest BCUT2D eigenvalue weighted by molar-refractivity contribution is 5.81. The van der Waals surface area contributed by atoms with Gasteiger partial charge < -0.3 is 15.1 Å². The summed E-state index contributed by atoms with van der Waals surface area (Å²) in [6.45, 7) is 7.53. The van der Waals surface area contributed by atoms with E-state index in [2.05, 4.69) is 24.5 Å². The molecule has 0 aliphatic heterocycles. The summed E-state index contributed by atoms with van der Waals surface area (Å²) in [5.74, 6) is 1.43. The third-order valence-electron chi connectivity index (χ3n) is 2.58. The van der Waals surface area contributed by atoms with E-state index in [1.54, 1.807) is 6.26 Å². The molecule has 0 aliphatic carbocycles. The smallest absolute Gasteiger partial charge is 0.237 e. The first-order chi connectivity index (χ1) is 8.09. The minimum Gasteiger partial charge on any atom is -0.467 e. The van der Waals surface area contributed by atoms with Crippen LogP contribution in [0.2, 0.25) is 0 Å². The molecule has 2 N–H and O–H groups in total. The Labute approximate surface area is 103 Å². The molecule has 0 bridgehead atoms. The Morgan fingerprint density at radius 2 is 2.18 bits per heavy atom. The molecule has 1 heterocycles. The summed E-state index contributed by atoms with van der Waals surface area (Å²) in [5.41, 5.74) is 0. The van der Waals surface area contributed by atoms with Gasteiger partial charge in [0.2, 0.25) is 5.91 Å². The lowest BCUT2D eigenvalue weighted by Crippen LogP contribution is -2.42. The summed E-state index contributed by atoms with van der Waals surface area (Å²) >= 11 is 0. The third kappa shape index (κ3) is 5.54. The van der Waals surface area contributed by atoms with Crippen molar-refractivity contribution in [3.05, 3.63) is 24.2 Å². The summed E-state index contributed by atoms with van der Waals surface area (Å²) in [4.78, 5) is 11.7. The van der Waals surface area contributed by atoms with E-state index in [4.69, 9.17) is 4.42 Å². The fraction of sp³-hybridized carbons (Fsp3) is 0.615. The van der Waals surface area contributed by atoms with E-state index in [9.17, 15) is 4.79 Å². The van der Waals surface area contributed by atoms with Gasteiger partial charge in [-0.05, 0) is 37.9 Å². The Kier molecular flexibility index (Phi) is 5.77. The normalized spacial score (nSPS) is 12.7. The van der Waals surface area contributed by atoms with Crippen molar-refractivity contribution in [3.63, 3.8) is 0 Å². The summed E-state index contributed by atoms with van der Waals surface area (Å²) in [7, 11) is 0. The molecule has 1 atom stereocenters. The molecule has 4 heteroatoms. The van der Waals surface area contributed by atoms with Crippen LogP contribution in [0.1, 0.15) is 33.0 Å². The van der Waals surface area contributed by atoms with Gasteiger partial charge in [-0.15, -0.1) is 0 Å². The van der Waals surface area contributed by atoms with Crippen molar-refractivity contribution in [2.45, 2.75) is 39.8 Å². The van der Waals surface area contributed by atoms with Crippen molar-refractivity contribution in [2.75, 3.05) is 6.54 Å². The molecule has 1 amide bonds. The number of hydrogen-bond donors (Lipinski definition) is 2. The molecule has 0 fully saturated rings. The molecule has 0 spiro atoms. The second kappa shape index (κ2) is 7.12. The summed E-state index contributed by atoms with van der Waals surface area (Å²) in [5, 5.41) is 6.03. The first-order valence-electron chi connectivity index (χ1n) is 6.13. The summed E-state index contributed by atoms with van der Waals surface area (Å²) < 4.78 is 5.14. The van der Waals surface area contributed by atoms with Crippen LogP contribution in [0.15, 0.2) is 22.8 Å². The first-order valence-corrected chi connectivity index (χ1v) is 6.13. The predicted molar refractivity (Wildman–Crippen MR) is 67.5 cm³/mol. The van der Waals surface area contributed by atoms with Crippen molar-refractivity contribution in [1.29, 1.82) is 0 Å². The number of hydrogen-bond acceptors (Lipinski definition) is 3. The zero-order valence-corrected chi connectivity index (χ0v) is 10.8. The SMILES string of the molecule is CC(C)CCNC(C)C(=O)NCc1ccco1. The number of carbonyl (C=O) groups is 1. The molecule has 0 aromatic carbocycles. The zero-order chi connectivity index (χ0) is 12.7. The maximum absolute atomic E-state index is 11.7. The minimum absolute atomic E-state index is 0.00477. The van der Waals surface area contributed by atoms with E-state index < -0.39 is 0 Å². The molecule has 96 valence electrons. The van der Waals surface area contributed by atoms with Crippen LogP contribution >= 0.6 is 0 Å². The van der Waals surface area contributed by atoms with Gasteiger partial charge in [-0.2, -0.15) is 0 Å². The molecule has 0 saturated heterocycles. The highest BCUT2D eigenvalue weighted by atomic mass is 16.3. The molecule has 4 nitrogen and oxygen atoms in total. The van der Waals surface area contributed by atoms with Crippen LogP contribution in [0, 0.1) is 5.92 Å². The van der Waals surface area contributed by atoms with Crippen molar-refractivity contribution < 1.29 is 9.21 Å². The van der Waals surface area contributed by atoms with Gasteiger partial charge in [0.05, 0.1) is 18.8 Å². The van der Waals surface area contributed by atoms with Crippen molar-refractivity contribution in [3.8, 4) is 0 Å². The number of amides is 1. The standard InChI is InChI=1S/C13H22N2O2/c1-10(2)6-7-14-11(3)13(16)15-9-12-5-4-8-17-12/h4-5,8,10-11,14H,6-7,9H2,1-3H3,(H,15,16). The molecule has 1 aromatic rings. The van der Waals surface area contributed by atoms with Gasteiger partial charge in [0.25, 0.3) is 0 Å². The number of rotatable bonds is 7. The molecule has 17 heavy (non-hydrogen) atoms. The molecule has 1 rings (SSSR count). The zero-order valence-electron chi connectivity index (χ0n) is 10.8. The van der Waals surface area contributed by atoms with Crippen LogP contribution in [-0.4, -0.2) is 18.5 Å². The molecule has 0 saturated carbocycles. The van der Waals surface area contributed by atoms with Gasteiger partial charge in [0.1, 0.15) is 5.76 Å². The lowest BCUT2D eigenvalue weighted by molar-refractivity contribution is -0.123. The van der Waals surface area contributed by atoms with Crippen LogP contribution in [0.5, 0.6) is 0 Å². The van der Waals surface area contributed by atoms with Gasteiger partial charge >= 0.3 is 0 Å². The van der Waals surface area contributed by atoms with E-state index in [0.717, 1.165) is 18.7 Å². The van der Waals surface area contributed by atoms with Gasteiger partial charge in [-0.1, -0.05) is 13.8 Å².